The number of nitrogens with one attached hydrogen (secondary N) is 1. The average Bonchev–Trinajstić information content (AvgIpc) is 3.02. The maximum atomic E-state index is 12.6. The summed E-state index contributed by atoms with van der Waals surface area (Å²) in [6, 6.07) is 15.9. The van der Waals surface area contributed by atoms with Crippen molar-refractivity contribution in [1.82, 2.24) is 5.32 Å². The Morgan fingerprint density at radius 1 is 1.00 bits per heavy atom. The van der Waals surface area contributed by atoms with Crippen LogP contribution >= 0.6 is 34.5 Å². The summed E-state index contributed by atoms with van der Waals surface area (Å²) in [4.78, 5) is 24.1. The molecule has 7 heteroatoms. The van der Waals surface area contributed by atoms with Gasteiger partial charge in [0.15, 0.2) is 0 Å². The highest BCUT2D eigenvalue weighted by atomic mass is 35.5. The first-order valence-corrected chi connectivity index (χ1v) is 10.1. The molecule has 2 N–H and O–H groups in total. The van der Waals surface area contributed by atoms with Crippen molar-refractivity contribution in [3.8, 4) is 0 Å². The predicted molar refractivity (Wildman–Crippen MR) is 113 cm³/mol. The van der Waals surface area contributed by atoms with Crippen LogP contribution in [0.15, 0.2) is 54.6 Å². The Morgan fingerprint density at radius 2 is 1.75 bits per heavy atom. The third kappa shape index (κ3) is 5.35. The molecule has 0 aliphatic carbocycles. The maximum Gasteiger partial charge on any atom is 0.335 e. The molecule has 0 unspecified atom stereocenters. The van der Waals surface area contributed by atoms with Gasteiger partial charge in [-0.3, -0.25) is 4.79 Å². The van der Waals surface area contributed by atoms with Gasteiger partial charge in [-0.15, -0.1) is 11.3 Å². The Balaban J connectivity index is 1.62. The maximum absolute atomic E-state index is 12.6. The average molecular weight is 434 g/mol. The second-order valence-corrected chi connectivity index (χ2v) is 8.34. The minimum atomic E-state index is -0.957. The number of rotatable bonds is 7. The van der Waals surface area contributed by atoms with Crippen molar-refractivity contribution < 1.29 is 14.7 Å². The van der Waals surface area contributed by atoms with E-state index in [9.17, 15) is 9.59 Å². The number of carboxylic acid groups (broad SMARTS) is 1. The molecule has 1 aromatic heterocycles. The van der Waals surface area contributed by atoms with E-state index in [-0.39, 0.29) is 11.5 Å². The lowest BCUT2D eigenvalue weighted by Crippen LogP contribution is -2.25. The molecule has 0 bridgehead atoms. The lowest BCUT2D eigenvalue weighted by Gasteiger charge is -2.07. The van der Waals surface area contributed by atoms with Gasteiger partial charge in [0.1, 0.15) is 0 Å². The zero-order valence-corrected chi connectivity index (χ0v) is 17.1. The first kappa shape index (κ1) is 20.4. The van der Waals surface area contributed by atoms with Crippen LogP contribution in [-0.4, -0.2) is 23.5 Å². The largest absolute Gasteiger partial charge is 0.478 e. The molecule has 3 rings (SSSR count). The van der Waals surface area contributed by atoms with E-state index in [1.54, 1.807) is 24.3 Å². The number of amides is 1. The van der Waals surface area contributed by atoms with Crippen LogP contribution in [0.3, 0.4) is 0 Å². The zero-order valence-electron chi connectivity index (χ0n) is 14.7. The van der Waals surface area contributed by atoms with Crippen molar-refractivity contribution in [1.29, 1.82) is 0 Å². The Hall–Kier alpha value is -2.34. The SMILES string of the molecule is O=C(O)c1ccc(CCNC(=O)c2sc(Cl)cc2Cc2cccc(Cl)c2)cc1. The van der Waals surface area contributed by atoms with Crippen molar-refractivity contribution in [2.45, 2.75) is 12.8 Å². The van der Waals surface area contributed by atoms with E-state index in [0.717, 1.165) is 16.7 Å². The molecule has 0 atom stereocenters. The molecule has 0 saturated carbocycles. The van der Waals surface area contributed by atoms with Crippen LogP contribution in [-0.2, 0) is 12.8 Å². The first-order chi connectivity index (χ1) is 13.4. The van der Waals surface area contributed by atoms with E-state index in [0.29, 0.717) is 33.6 Å². The third-order valence-corrected chi connectivity index (χ3v) is 5.71. The zero-order chi connectivity index (χ0) is 20.1. The smallest absolute Gasteiger partial charge is 0.335 e. The molecule has 0 aliphatic rings. The first-order valence-electron chi connectivity index (χ1n) is 8.55. The van der Waals surface area contributed by atoms with E-state index >= 15 is 0 Å². The van der Waals surface area contributed by atoms with E-state index in [1.165, 1.54) is 11.3 Å². The normalized spacial score (nSPS) is 10.6. The number of hydrogen-bond acceptors (Lipinski definition) is 3. The summed E-state index contributed by atoms with van der Waals surface area (Å²) < 4.78 is 0.562. The number of benzene rings is 2. The Kier molecular flexibility index (Phi) is 6.73. The molecule has 1 heterocycles. The minimum absolute atomic E-state index is 0.170. The quantitative estimate of drug-likeness (QED) is 0.529. The molecule has 0 saturated heterocycles. The fraction of sp³-hybridized carbons (Fsp3) is 0.143. The monoisotopic (exact) mass is 433 g/mol. The van der Waals surface area contributed by atoms with E-state index in [4.69, 9.17) is 28.3 Å². The summed E-state index contributed by atoms with van der Waals surface area (Å²) in [6.07, 6.45) is 1.18. The van der Waals surface area contributed by atoms with Crippen LogP contribution in [0.25, 0.3) is 0 Å². The van der Waals surface area contributed by atoms with Gasteiger partial charge in [0.25, 0.3) is 5.91 Å². The molecule has 0 fully saturated rings. The van der Waals surface area contributed by atoms with Gasteiger partial charge in [-0.25, -0.2) is 4.79 Å². The number of thiophene rings is 1. The molecule has 2 aromatic carbocycles. The summed E-state index contributed by atoms with van der Waals surface area (Å²) in [6.45, 7) is 0.442. The highest BCUT2D eigenvalue weighted by Gasteiger charge is 2.16. The molecule has 1 amide bonds. The Labute approximate surface area is 176 Å². The fourth-order valence-electron chi connectivity index (χ4n) is 2.80. The number of aromatic carboxylic acids is 1. The summed E-state index contributed by atoms with van der Waals surface area (Å²) in [5, 5.41) is 12.5. The standard InChI is InChI=1S/C21H17Cl2NO3S/c22-17-3-1-2-14(11-17)10-16-12-18(23)28-19(16)20(25)24-9-8-13-4-6-15(7-5-13)21(26)27/h1-7,11-12H,8-10H2,(H,24,25)(H,26,27). The summed E-state index contributed by atoms with van der Waals surface area (Å²) >= 11 is 13.4. The second kappa shape index (κ2) is 9.24. The van der Waals surface area contributed by atoms with Crippen molar-refractivity contribution >= 4 is 46.4 Å². The fourth-order valence-corrected chi connectivity index (χ4v) is 4.20. The van der Waals surface area contributed by atoms with E-state index in [1.807, 2.05) is 30.3 Å². The minimum Gasteiger partial charge on any atom is -0.478 e. The number of carboxylic acids is 1. The molecular formula is C21H17Cl2NO3S. The third-order valence-electron chi connectivity index (χ3n) is 4.17. The van der Waals surface area contributed by atoms with Crippen molar-refractivity contribution in [2.24, 2.45) is 0 Å². The number of carbonyl (C=O) groups excluding carboxylic acids is 1. The second-order valence-electron chi connectivity index (χ2n) is 6.22. The number of halogens is 2. The Morgan fingerprint density at radius 3 is 2.43 bits per heavy atom. The van der Waals surface area contributed by atoms with Gasteiger partial charge < -0.3 is 10.4 Å². The topological polar surface area (TPSA) is 66.4 Å². The summed E-state index contributed by atoms with van der Waals surface area (Å²) in [7, 11) is 0. The van der Waals surface area contributed by atoms with Gasteiger partial charge in [-0.1, -0.05) is 47.5 Å². The molecule has 3 aromatic rings. The highest BCUT2D eigenvalue weighted by Crippen LogP contribution is 2.29. The lowest BCUT2D eigenvalue weighted by molar-refractivity contribution is 0.0696. The number of hydrogen-bond donors (Lipinski definition) is 2. The van der Waals surface area contributed by atoms with Gasteiger partial charge in [0.05, 0.1) is 14.8 Å². The van der Waals surface area contributed by atoms with Crippen molar-refractivity contribution in [3.05, 3.63) is 91.1 Å². The van der Waals surface area contributed by atoms with E-state index < -0.39 is 5.97 Å². The highest BCUT2D eigenvalue weighted by molar-refractivity contribution is 7.18. The molecule has 0 aliphatic heterocycles. The molecule has 144 valence electrons. The van der Waals surface area contributed by atoms with Crippen LogP contribution in [0, 0.1) is 0 Å². The van der Waals surface area contributed by atoms with Crippen LogP contribution in [0.4, 0.5) is 0 Å². The molecule has 0 radical (unpaired) electrons. The van der Waals surface area contributed by atoms with Gasteiger partial charge in [0.2, 0.25) is 0 Å². The molecule has 4 nitrogen and oxygen atoms in total. The molecule has 0 spiro atoms. The van der Waals surface area contributed by atoms with Gasteiger partial charge in [-0.2, -0.15) is 0 Å². The van der Waals surface area contributed by atoms with Crippen LogP contribution in [0.2, 0.25) is 9.36 Å². The summed E-state index contributed by atoms with van der Waals surface area (Å²) in [5.74, 6) is -1.13. The predicted octanol–water partition coefficient (Wildman–Crippen LogP) is 5.32. The van der Waals surface area contributed by atoms with Crippen LogP contribution in [0.1, 0.15) is 36.7 Å². The Bertz CT molecular complexity index is 999. The van der Waals surface area contributed by atoms with Gasteiger partial charge >= 0.3 is 5.97 Å². The number of carbonyl (C=O) groups is 2. The van der Waals surface area contributed by atoms with E-state index in [2.05, 4.69) is 5.32 Å². The summed E-state index contributed by atoms with van der Waals surface area (Å²) in [5.41, 5.74) is 3.07. The molecular weight excluding hydrogens is 417 g/mol. The molecule has 28 heavy (non-hydrogen) atoms. The van der Waals surface area contributed by atoms with Crippen LogP contribution < -0.4 is 5.32 Å². The van der Waals surface area contributed by atoms with Gasteiger partial charge in [-0.05, 0) is 59.9 Å². The van der Waals surface area contributed by atoms with Crippen molar-refractivity contribution in [2.75, 3.05) is 6.54 Å². The van der Waals surface area contributed by atoms with Crippen molar-refractivity contribution in [3.63, 3.8) is 0 Å². The van der Waals surface area contributed by atoms with Crippen LogP contribution in [0.5, 0.6) is 0 Å². The van der Waals surface area contributed by atoms with Gasteiger partial charge in [0, 0.05) is 11.6 Å². The lowest BCUT2D eigenvalue weighted by atomic mass is 10.1.